The summed E-state index contributed by atoms with van der Waals surface area (Å²) in [5, 5.41) is 12.3. The number of halogens is 2. The second-order valence-electron chi connectivity index (χ2n) is 4.17. The van der Waals surface area contributed by atoms with Gasteiger partial charge in [0.25, 0.3) is 0 Å². The minimum absolute atomic E-state index is 0.0762. The predicted octanol–water partition coefficient (Wildman–Crippen LogP) is 2.54. The second kappa shape index (κ2) is 5.18. The van der Waals surface area contributed by atoms with Gasteiger partial charge in [-0.1, -0.05) is 35.4 Å². The van der Waals surface area contributed by atoms with Gasteiger partial charge < -0.3 is 16.2 Å². The molecule has 0 radical (unpaired) electrons. The zero-order valence-electron chi connectivity index (χ0n) is 9.36. The van der Waals surface area contributed by atoms with E-state index in [9.17, 15) is 9.90 Å². The molecule has 6 heteroatoms. The highest BCUT2D eigenvalue weighted by atomic mass is 35.5. The summed E-state index contributed by atoms with van der Waals surface area (Å²) in [5.74, 6) is -0.609. The van der Waals surface area contributed by atoms with Gasteiger partial charge in [-0.05, 0) is 18.6 Å². The summed E-state index contributed by atoms with van der Waals surface area (Å²) in [7, 11) is 0. The number of carbonyl (C=O) groups excluding carboxylic acids is 1. The van der Waals surface area contributed by atoms with Crippen molar-refractivity contribution in [1.29, 1.82) is 0 Å². The first-order valence-electron chi connectivity index (χ1n) is 5.40. The van der Waals surface area contributed by atoms with Crippen molar-refractivity contribution in [1.82, 2.24) is 0 Å². The Morgan fingerprint density at radius 2 is 1.94 bits per heavy atom. The number of phenols is 1. The Kier molecular flexibility index (Phi) is 3.80. The van der Waals surface area contributed by atoms with E-state index in [-0.39, 0.29) is 33.7 Å². The van der Waals surface area contributed by atoms with Crippen molar-refractivity contribution >= 4 is 34.8 Å². The Bertz CT molecular complexity index is 494. The summed E-state index contributed by atoms with van der Waals surface area (Å²) in [5.41, 5.74) is 6.13. The maximum Gasteiger partial charge on any atom is 0.231 e. The molecule has 0 aliphatic heterocycles. The van der Waals surface area contributed by atoms with Crippen LogP contribution in [0.15, 0.2) is 24.3 Å². The Labute approximate surface area is 114 Å². The van der Waals surface area contributed by atoms with E-state index in [2.05, 4.69) is 5.32 Å². The van der Waals surface area contributed by atoms with Gasteiger partial charge in [-0.15, -0.1) is 0 Å². The fourth-order valence-corrected chi connectivity index (χ4v) is 2.28. The lowest BCUT2D eigenvalue weighted by atomic mass is 10.1. The predicted molar refractivity (Wildman–Crippen MR) is 72.0 cm³/mol. The third-order valence-electron chi connectivity index (χ3n) is 2.74. The molecule has 2 unspecified atom stereocenters. The molecule has 1 aromatic carbocycles. The van der Waals surface area contributed by atoms with Crippen LogP contribution in [-0.4, -0.2) is 17.1 Å². The summed E-state index contributed by atoms with van der Waals surface area (Å²) in [6, 6.07) is 2.81. The van der Waals surface area contributed by atoms with Crippen LogP contribution < -0.4 is 11.1 Å². The standard InChI is InChI=1S/C12H12Cl2N2O2/c13-9-4-8(5-10(14)11(9)17)16-12(18)6-1-2-7(15)3-6/h1-2,4-7,17H,3,15H2,(H,16,18). The zero-order valence-corrected chi connectivity index (χ0v) is 10.9. The number of benzene rings is 1. The smallest absolute Gasteiger partial charge is 0.231 e. The fraction of sp³-hybridized carbons (Fsp3) is 0.250. The molecular formula is C12H12Cl2N2O2. The van der Waals surface area contributed by atoms with Gasteiger partial charge in [-0.25, -0.2) is 0 Å². The van der Waals surface area contributed by atoms with E-state index in [4.69, 9.17) is 28.9 Å². The Morgan fingerprint density at radius 3 is 2.44 bits per heavy atom. The average Bonchev–Trinajstić information content (AvgIpc) is 2.72. The number of hydrogen-bond acceptors (Lipinski definition) is 3. The number of nitrogens with two attached hydrogens (primary N) is 1. The van der Waals surface area contributed by atoms with E-state index in [1.165, 1.54) is 12.1 Å². The van der Waals surface area contributed by atoms with E-state index in [0.717, 1.165) is 0 Å². The highest BCUT2D eigenvalue weighted by molar-refractivity contribution is 6.37. The van der Waals surface area contributed by atoms with Gasteiger partial charge in [0, 0.05) is 11.7 Å². The van der Waals surface area contributed by atoms with Crippen LogP contribution in [0.3, 0.4) is 0 Å². The first kappa shape index (κ1) is 13.2. The summed E-state index contributed by atoms with van der Waals surface area (Å²) in [4.78, 5) is 11.9. The number of nitrogens with one attached hydrogen (secondary N) is 1. The van der Waals surface area contributed by atoms with Gasteiger partial charge in [-0.2, -0.15) is 0 Å². The molecule has 2 rings (SSSR count). The molecule has 0 heterocycles. The molecule has 1 aliphatic rings. The average molecular weight is 287 g/mol. The molecule has 0 bridgehead atoms. The molecule has 0 spiro atoms. The van der Waals surface area contributed by atoms with Crippen molar-refractivity contribution in [2.75, 3.05) is 5.32 Å². The molecule has 1 aromatic rings. The van der Waals surface area contributed by atoms with E-state index >= 15 is 0 Å². The number of anilines is 1. The van der Waals surface area contributed by atoms with E-state index in [0.29, 0.717) is 12.1 Å². The largest absolute Gasteiger partial charge is 0.505 e. The lowest BCUT2D eigenvalue weighted by Crippen LogP contribution is -2.23. The number of phenolic OH excluding ortho intramolecular Hbond substituents is 1. The number of amides is 1. The number of carbonyl (C=O) groups is 1. The molecule has 0 aromatic heterocycles. The molecular weight excluding hydrogens is 275 g/mol. The minimum atomic E-state index is -0.244. The maximum absolute atomic E-state index is 11.9. The number of aromatic hydroxyl groups is 1. The van der Waals surface area contributed by atoms with Crippen LogP contribution in [0.25, 0.3) is 0 Å². The minimum Gasteiger partial charge on any atom is -0.505 e. The number of hydrogen-bond donors (Lipinski definition) is 3. The van der Waals surface area contributed by atoms with Crippen molar-refractivity contribution in [3.05, 3.63) is 34.3 Å². The molecule has 4 nitrogen and oxygen atoms in total. The second-order valence-corrected chi connectivity index (χ2v) is 4.98. The van der Waals surface area contributed by atoms with Gasteiger partial charge in [0.1, 0.15) is 0 Å². The first-order chi connectivity index (χ1) is 8.47. The fourth-order valence-electron chi connectivity index (χ4n) is 1.79. The van der Waals surface area contributed by atoms with E-state index in [1.54, 1.807) is 12.2 Å². The Hall–Kier alpha value is -1.23. The lowest BCUT2D eigenvalue weighted by molar-refractivity contribution is -0.118. The topological polar surface area (TPSA) is 75.4 Å². The van der Waals surface area contributed by atoms with Crippen molar-refractivity contribution in [3.8, 4) is 5.75 Å². The van der Waals surface area contributed by atoms with Crippen LogP contribution in [0, 0.1) is 5.92 Å². The quantitative estimate of drug-likeness (QED) is 0.578. The Balaban J connectivity index is 2.10. The summed E-state index contributed by atoms with van der Waals surface area (Å²) in [6.07, 6.45) is 4.18. The first-order valence-corrected chi connectivity index (χ1v) is 6.15. The van der Waals surface area contributed by atoms with E-state index < -0.39 is 0 Å². The van der Waals surface area contributed by atoms with Crippen LogP contribution >= 0.6 is 23.2 Å². The number of rotatable bonds is 2. The van der Waals surface area contributed by atoms with Crippen molar-refractivity contribution < 1.29 is 9.90 Å². The molecule has 4 N–H and O–H groups in total. The van der Waals surface area contributed by atoms with Crippen LogP contribution in [0.1, 0.15) is 6.42 Å². The molecule has 96 valence electrons. The normalized spacial score (nSPS) is 22.2. The molecule has 0 saturated carbocycles. The Morgan fingerprint density at radius 1 is 1.33 bits per heavy atom. The van der Waals surface area contributed by atoms with Crippen molar-refractivity contribution in [2.24, 2.45) is 11.7 Å². The van der Waals surface area contributed by atoms with Gasteiger partial charge in [0.15, 0.2) is 5.75 Å². The van der Waals surface area contributed by atoms with Crippen LogP contribution in [0.4, 0.5) is 5.69 Å². The summed E-state index contributed by atoms with van der Waals surface area (Å²) < 4.78 is 0. The molecule has 1 amide bonds. The zero-order chi connectivity index (χ0) is 13.3. The third-order valence-corrected chi connectivity index (χ3v) is 3.31. The third kappa shape index (κ3) is 2.77. The van der Waals surface area contributed by atoms with Gasteiger partial charge >= 0.3 is 0 Å². The SMILES string of the molecule is NC1C=CC(C(=O)Nc2cc(Cl)c(O)c(Cl)c2)C1. The van der Waals surface area contributed by atoms with Crippen LogP contribution in [0.2, 0.25) is 10.0 Å². The summed E-state index contributed by atoms with van der Waals surface area (Å²) in [6.45, 7) is 0. The molecule has 0 saturated heterocycles. The maximum atomic E-state index is 11.9. The van der Waals surface area contributed by atoms with Crippen LogP contribution in [0.5, 0.6) is 5.75 Å². The van der Waals surface area contributed by atoms with Crippen molar-refractivity contribution in [2.45, 2.75) is 12.5 Å². The van der Waals surface area contributed by atoms with Gasteiger partial charge in [-0.3, -0.25) is 4.79 Å². The van der Waals surface area contributed by atoms with Crippen molar-refractivity contribution in [3.63, 3.8) is 0 Å². The molecule has 2 atom stereocenters. The summed E-state index contributed by atoms with van der Waals surface area (Å²) >= 11 is 11.5. The monoisotopic (exact) mass is 286 g/mol. The van der Waals surface area contributed by atoms with Gasteiger partial charge in [0.2, 0.25) is 5.91 Å². The van der Waals surface area contributed by atoms with Crippen LogP contribution in [-0.2, 0) is 4.79 Å². The lowest BCUT2D eigenvalue weighted by Gasteiger charge is -2.11. The van der Waals surface area contributed by atoms with Gasteiger partial charge in [0.05, 0.1) is 16.0 Å². The van der Waals surface area contributed by atoms with E-state index in [1.807, 2.05) is 0 Å². The molecule has 18 heavy (non-hydrogen) atoms. The molecule has 0 fully saturated rings. The highest BCUT2D eigenvalue weighted by Gasteiger charge is 2.23. The highest BCUT2D eigenvalue weighted by Crippen LogP contribution is 2.34. The molecule has 1 aliphatic carbocycles.